The minimum Gasteiger partial charge on any atom is -0.457 e. The molecule has 242 valence electrons. The molecule has 6 aromatic rings. The van der Waals surface area contributed by atoms with Crippen LogP contribution in [0.15, 0.2) is 79.0 Å². The molecular weight excluding hydrogens is 634 g/mol. The number of para-hydroxylation sites is 1. The minimum absolute atomic E-state index is 0.214. The lowest BCUT2D eigenvalue weighted by Gasteiger charge is -2.26. The Balaban J connectivity index is 1.05. The second-order valence-corrected chi connectivity index (χ2v) is 14.0. The third kappa shape index (κ3) is 6.84. The lowest BCUT2D eigenvalue weighted by Crippen LogP contribution is -2.35. The van der Waals surface area contributed by atoms with Gasteiger partial charge in [0.1, 0.15) is 17.3 Å². The SMILES string of the molecule is CC(C)(C)c1cc(NC(=O)NCc2ccccc2Oc2ccc3c(c2)sc2ncc(CN4CCOCC4)n23)n(-c2cccc(Cl)c2)n1. The smallest absolute Gasteiger partial charge is 0.320 e. The number of benzene rings is 3. The van der Waals surface area contributed by atoms with Crippen molar-refractivity contribution < 1.29 is 14.3 Å². The number of hydrogen-bond donors (Lipinski definition) is 2. The molecule has 0 spiro atoms. The Bertz CT molecular complexity index is 2060. The van der Waals surface area contributed by atoms with Gasteiger partial charge >= 0.3 is 6.03 Å². The van der Waals surface area contributed by atoms with Gasteiger partial charge in [-0.1, -0.05) is 68.0 Å². The molecule has 7 rings (SSSR count). The summed E-state index contributed by atoms with van der Waals surface area (Å²) in [4.78, 5) is 21.2. The number of anilines is 1. The van der Waals surface area contributed by atoms with Crippen LogP contribution in [0.25, 0.3) is 20.9 Å². The van der Waals surface area contributed by atoms with E-state index in [0.29, 0.717) is 22.3 Å². The van der Waals surface area contributed by atoms with Crippen LogP contribution in [0.3, 0.4) is 0 Å². The van der Waals surface area contributed by atoms with E-state index in [1.54, 1.807) is 22.1 Å². The molecule has 4 heterocycles. The summed E-state index contributed by atoms with van der Waals surface area (Å²) in [5.41, 5.74) is 4.50. The fourth-order valence-electron chi connectivity index (χ4n) is 5.57. The summed E-state index contributed by atoms with van der Waals surface area (Å²) < 4.78 is 16.9. The van der Waals surface area contributed by atoms with Gasteiger partial charge in [-0.2, -0.15) is 5.10 Å². The molecular formula is C35H36ClN7O3S. The fourth-order valence-corrected chi connectivity index (χ4v) is 6.81. The number of nitrogens with one attached hydrogen (secondary N) is 2. The third-order valence-corrected chi connectivity index (χ3v) is 9.33. The molecule has 2 amide bonds. The number of nitrogens with zero attached hydrogens (tertiary/aromatic N) is 5. The monoisotopic (exact) mass is 669 g/mol. The summed E-state index contributed by atoms with van der Waals surface area (Å²) in [5, 5.41) is 11.3. The minimum atomic E-state index is -0.361. The van der Waals surface area contributed by atoms with Crippen LogP contribution in [0.1, 0.15) is 37.7 Å². The number of hydrogen-bond acceptors (Lipinski definition) is 7. The predicted molar refractivity (Wildman–Crippen MR) is 186 cm³/mol. The van der Waals surface area contributed by atoms with E-state index in [1.165, 1.54) is 5.69 Å². The van der Waals surface area contributed by atoms with E-state index >= 15 is 0 Å². The number of amides is 2. The first kappa shape index (κ1) is 31.2. The molecule has 0 atom stereocenters. The van der Waals surface area contributed by atoms with Gasteiger partial charge in [-0.3, -0.25) is 14.6 Å². The number of morpholine rings is 1. The lowest BCUT2D eigenvalue weighted by molar-refractivity contribution is 0.0336. The number of fused-ring (bicyclic) bond motifs is 3. The predicted octanol–water partition coefficient (Wildman–Crippen LogP) is 7.63. The standard InChI is InChI=1S/C35H36ClN7O3S/c1-35(2,3)31-19-32(43(40-31)25-9-6-8-24(36)17-25)39-33(44)37-20-23-7-4-5-10-29(23)46-27-11-12-28-30(18-27)47-34-38-21-26(42(28)34)22-41-13-15-45-16-14-41/h4-12,17-19,21H,13-16,20,22H2,1-3H3,(H2,37,39,44). The highest BCUT2D eigenvalue weighted by atomic mass is 35.5. The molecule has 1 aliphatic heterocycles. The van der Waals surface area contributed by atoms with Crippen molar-refractivity contribution in [3.8, 4) is 17.2 Å². The quantitative estimate of drug-likeness (QED) is 0.173. The van der Waals surface area contributed by atoms with Gasteiger partial charge in [-0.15, -0.1) is 0 Å². The topological polar surface area (TPSA) is 98.0 Å². The van der Waals surface area contributed by atoms with Gasteiger partial charge in [0.15, 0.2) is 4.96 Å². The van der Waals surface area contributed by atoms with Crippen molar-refractivity contribution >= 4 is 50.0 Å². The highest BCUT2D eigenvalue weighted by molar-refractivity contribution is 7.23. The van der Waals surface area contributed by atoms with Crippen molar-refractivity contribution in [2.75, 3.05) is 31.6 Å². The Labute approximate surface area is 281 Å². The first-order valence-electron chi connectivity index (χ1n) is 15.6. The first-order chi connectivity index (χ1) is 22.7. The van der Waals surface area contributed by atoms with E-state index in [4.69, 9.17) is 26.2 Å². The maximum atomic E-state index is 13.2. The second-order valence-electron chi connectivity index (χ2n) is 12.6. The number of carbonyl (C=O) groups is 1. The summed E-state index contributed by atoms with van der Waals surface area (Å²) in [7, 11) is 0. The van der Waals surface area contributed by atoms with Gasteiger partial charge in [0.05, 0.1) is 46.7 Å². The van der Waals surface area contributed by atoms with E-state index in [2.05, 4.69) is 51.8 Å². The van der Waals surface area contributed by atoms with E-state index in [9.17, 15) is 4.79 Å². The van der Waals surface area contributed by atoms with Crippen molar-refractivity contribution in [1.82, 2.24) is 29.4 Å². The van der Waals surface area contributed by atoms with Crippen LogP contribution in [0.2, 0.25) is 5.02 Å². The Hall–Kier alpha value is -4.42. The zero-order chi connectivity index (χ0) is 32.5. The number of halogens is 1. The van der Waals surface area contributed by atoms with Crippen molar-refractivity contribution in [3.63, 3.8) is 0 Å². The van der Waals surface area contributed by atoms with Gasteiger partial charge in [-0.05, 0) is 36.4 Å². The molecule has 0 bridgehead atoms. The molecule has 1 saturated heterocycles. The second kappa shape index (κ2) is 13.0. The Morgan fingerprint density at radius 1 is 1.04 bits per heavy atom. The van der Waals surface area contributed by atoms with Gasteiger partial charge < -0.3 is 14.8 Å². The first-order valence-corrected chi connectivity index (χ1v) is 16.8. The summed E-state index contributed by atoms with van der Waals surface area (Å²) in [6, 6.07) is 22.7. The van der Waals surface area contributed by atoms with E-state index in [-0.39, 0.29) is 18.0 Å². The average molecular weight is 670 g/mol. The number of aromatic nitrogens is 4. The van der Waals surface area contributed by atoms with E-state index < -0.39 is 0 Å². The zero-order valence-corrected chi connectivity index (χ0v) is 28.1. The maximum absolute atomic E-state index is 13.2. The summed E-state index contributed by atoms with van der Waals surface area (Å²) >= 11 is 7.90. The molecule has 10 nitrogen and oxygen atoms in total. The maximum Gasteiger partial charge on any atom is 0.320 e. The Morgan fingerprint density at radius 3 is 2.68 bits per heavy atom. The van der Waals surface area contributed by atoms with Crippen LogP contribution < -0.4 is 15.4 Å². The summed E-state index contributed by atoms with van der Waals surface area (Å²) in [6.07, 6.45) is 1.97. The molecule has 0 aliphatic carbocycles. The van der Waals surface area contributed by atoms with Crippen LogP contribution in [-0.2, 0) is 23.2 Å². The third-order valence-electron chi connectivity index (χ3n) is 8.08. The average Bonchev–Trinajstić information content (AvgIpc) is 3.75. The van der Waals surface area contributed by atoms with Crippen molar-refractivity contribution in [3.05, 3.63) is 101 Å². The van der Waals surface area contributed by atoms with Gasteiger partial charge in [-0.25, -0.2) is 14.5 Å². The lowest BCUT2D eigenvalue weighted by atomic mass is 9.92. The molecule has 1 aliphatic rings. The molecule has 1 fully saturated rings. The highest BCUT2D eigenvalue weighted by Gasteiger charge is 2.22. The van der Waals surface area contributed by atoms with Crippen LogP contribution in [0.5, 0.6) is 11.5 Å². The van der Waals surface area contributed by atoms with Crippen molar-refractivity contribution in [2.24, 2.45) is 0 Å². The number of thiazole rings is 1. The van der Waals surface area contributed by atoms with Crippen LogP contribution in [0.4, 0.5) is 10.6 Å². The molecule has 3 aromatic heterocycles. The molecule has 12 heteroatoms. The largest absolute Gasteiger partial charge is 0.457 e. The molecule has 0 radical (unpaired) electrons. The summed E-state index contributed by atoms with van der Waals surface area (Å²) in [6.45, 7) is 10.7. The molecule has 0 unspecified atom stereocenters. The normalized spacial score (nSPS) is 14.1. The molecule has 47 heavy (non-hydrogen) atoms. The Kier molecular flexibility index (Phi) is 8.63. The molecule has 2 N–H and O–H groups in total. The highest BCUT2D eigenvalue weighted by Crippen LogP contribution is 2.34. The van der Waals surface area contributed by atoms with Gasteiger partial charge in [0, 0.05) is 54.3 Å². The van der Waals surface area contributed by atoms with Crippen molar-refractivity contribution in [2.45, 2.75) is 39.3 Å². The number of urea groups is 1. The van der Waals surface area contributed by atoms with E-state index in [0.717, 1.165) is 65.0 Å². The Morgan fingerprint density at radius 2 is 1.87 bits per heavy atom. The summed E-state index contributed by atoms with van der Waals surface area (Å²) in [5.74, 6) is 1.93. The van der Waals surface area contributed by atoms with Crippen LogP contribution in [0, 0.1) is 0 Å². The number of ether oxygens (including phenoxy) is 2. The number of imidazole rings is 1. The van der Waals surface area contributed by atoms with Gasteiger partial charge in [0.25, 0.3) is 0 Å². The van der Waals surface area contributed by atoms with Gasteiger partial charge in [0.2, 0.25) is 0 Å². The fraction of sp³-hybridized carbons (Fsp3) is 0.286. The zero-order valence-electron chi connectivity index (χ0n) is 26.5. The van der Waals surface area contributed by atoms with Crippen LogP contribution in [-0.4, -0.2) is 56.4 Å². The van der Waals surface area contributed by atoms with Crippen LogP contribution >= 0.6 is 22.9 Å². The number of carbonyl (C=O) groups excluding carboxylic acids is 1. The number of rotatable bonds is 8. The van der Waals surface area contributed by atoms with E-state index in [1.807, 2.05) is 66.9 Å². The molecule has 0 saturated carbocycles. The molecule has 3 aromatic carbocycles. The van der Waals surface area contributed by atoms with Crippen molar-refractivity contribution in [1.29, 1.82) is 0 Å².